The zero-order chi connectivity index (χ0) is 33.5. The standard InChI is InChI=1S/C28H38Cl2N4O10S/c1-2-16(7-12-45-15-19(27(40)32-13-23(37)38)33-21(35)6-4-18(31)28(41)42)26(39)17-3-5-20(25(30)24(17)29)44-14-22(36)34-8-10-43-11-9-34/h3,5,16,18-19H,2,4,6-15,31H2,1H3,(H,32,40)(H,33,35)(H,37,38)(H,41,42)/t16?,18-,19-/m0/s1. The molecule has 0 spiro atoms. The number of carbonyl (C=O) groups is 6. The summed E-state index contributed by atoms with van der Waals surface area (Å²) in [4.78, 5) is 74.0. The first kappa shape index (κ1) is 38.1. The molecule has 1 aromatic carbocycles. The second-order valence-corrected chi connectivity index (χ2v) is 12.0. The Morgan fingerprint density at radius 3 is 2.40 bits per heavy atom. The summed E-state index contributed by atoms with van der Waals surface area (Å²) < 4.78 is 10.8. The zero-order valence-electron chi connectivity index (χ0n) is 24.7. The van der Waals surface area contributed by atoms with E-state index in [9.17, 15) is 28.8 Å². The van der Waals surface area contributed by atoms with Crippen LogP contribution in [0.3, 0.4) is 0 Å². The van der Waals surface area contributed by atoms with E-state index in [1.807, 2.05) is 6.92 Å². The molecule has 1 aromatic rings. The number of halogens is 2. The lowest BCUT2D eigenvalue weighted by Gasteiger charge is -2.26. The summed E-state index contributed by atoms with van der Waals surface area (Å²) in [6.45, 7) is 2.79. The van der Waals surface area contributed by atoms with E-state index in [1.165, 1.54) is 23.9 Å². The molecule has 0 radical (unpaired) electrons. The van der Waals surface area contributed by atoms with E-state index in [2.05, 4.69) is 10.6 Å². The first-order chi connectivity index (χ1) is 21.3. The van der Waals surface area contributed by atoms with E-state index in [-0.39, 0.29) is 58.3 Å². The number of rotatable bonds is 19. The topological polar surface area (TPSA) is 215 Å². The molecule has 6 N–H and O–H groups in total. The molecule has 0 bridgehead atoms. The Balaban J connectivity index is 1.95. The highest BCUT2D eigenvalue weighted by molar-refractivity contribution is 7.99. The van der Waals surface area contributed by atoms with Gasteiger partial charge in [-0.05, 0) is 37.1 Å². The minimum Gasteiger partial charge on any atom is -0.482 e. The average molecular weight is 694 g/mol. The molecule has 0 saturated carbocycles. The first-order valence-corrected chi connectivity index (χ1v) is 16.1. The minimum absolute atomic E-state index is 0.00425. The molecule has 1 unspecified atom stereocenters. The Morgan fingerprint density at radius 1 is 1.09 bits per heavy atom. The number of nitrogens with two attached hydrogens (primary N) is 1. The Labute approximate surface area is 274 Å². The number of thioether (sulfide) groups is 1. The van der Waals surface area contributed by atoms with Crippen molar-refractivity contribution in [3.05, 3.63) is 27.7 Å². The van der Waals surface area contributed by atoms with Crippen molar-refractivity contribution in [3.63, 3.8) is 0 Å². The second-order valence-electron chi connectivity index (χ2n) is 10.1. The van der Waals surface area contributed by atoms with Crippen LogP contribution in [0.1, 0.15) is 43.0 Å². The van der Waals surface area contributed by atoms with Crippen LogP contribution >= 0.6 is 35.0 Å². The molecular weight excluding hydrogens is 655 g/mol. The highest BCUT2D eigenvalue weighted by atomic mass is 35.5. The van der Waals surface area contributed by atoms with Gasteiger partial charge in [0.25, 0.3) is 5.91 Å². The van der Waals surface area contributed by atoms with Crippen LogP contribution in [0.2, 0.25) is 10.0 Å². The molecule has 1 fully saturated rings. The lowest BCUT2D eigenvalue weighted by molar-refractivity contribution is -0.139. The molecule has 0 aromatic heterocycles. The highest BCUT2D eigenvalue weighted by Crippen LogP contribution is 2.36. The third-order valence-corrected chi connectivity index (χ3v) is 8.81. The number of aliphatic carboxylic acids is 2. The van der Waals surface area contributed by atoms with E-state index in [0.717, 1.165) is 0 Å². The fourth-order valence-electron chi connectivity index (χ4n) is 4.19. The van der Waals surface area contributed by atoms with Crippen molar-refractivity contribution >= 4 is 70.4 Å². The Hall–Kier alpha value is -3.11. The summed E-state index contributed by atoms with van der Waals surface area (Å²) in [6.07, 6.45) is 0.475. The van der Waals surface area contributed by atoms with Crippen molar-refractivity contribution in [3.8, 4) is 5.75 Å². The van der Waals surface area contributed by atoms with Gasteiger partial charge < -0.3 is 41.0 Å². The van der Waals surface area contributed by atoms with Crippen molar-refractivity contribution in [2.75, 3.05) is 51.0 Å². The van der Waals surface area contributed by atoms with Gasteiger partial charge in [-0.2, -0.15) is 11.8 Å². The van der Waals surface area contributed by atoms with Crippen LogP contribution in [-0.2, 0) is 28.7 Å². The molecule has 45 heavy (non-hydrogen) atoms. The average Bonchev–Trinajstić information content (AvgIpc) is 3.02. The maximum absolute atomic E-state index is 13.3. The molecule has 1 saturated heterocycles. The maximum atomic E-state index is 13.3. The van der Waals surface area contributed by atoms with Crippen molar-refractivity contribution in [2.45, 2.75) is 44.7 Å². The number of carboxylic acid groups (broad SMARTS) is 2. The monoisotopic (exact) mass is 692 g/mol. The van der Waals surface area contributed by atoms with Gasteiger partial charge in [0.15, 0.2) is 12.4 Å². The molecule has 1 heterocycles. The van der Waals surface area contributed by atoms with Crippen LogP contribution < -0.4 is 21.1 Å². The van der Waals surface area contributed by atoms with E-state index in [4.69, 9.17) is 48.6 Å². The number of hydrogen-bond acceptors (Lipinski definition) is 10. The normalized spacial score (nSPS) is 15.0. The van der Waals surface area contributed by atoms with Crippen LogP contribution in [0.5, 0.6) is 5.75 Å². The van der Waals surface area contributed by atoms with Gasteiger partial charge in [-0.25, -0.2) is 0 Å². The van der Waals surface area contributed by atoms with E-state index >= 15 is 0 Å². The molecule has 17 heteroatoms. The van der Waals surface area contributed by atoms with Gasteiger partial charge in [-0.15, -0.1) is 0 Å². The number of Topliss-reactive ketones (excluding diaryl/α,β-unsaturated/α-hetero) is 1. The third-order valence-electron chi connectivity index (χ3n) is 6.85. The van der Waals surface area contributed by atoms with E-state index < -0.39 is 48.3 Å². The molecule has 3 atom stereocenters. The molecule has 3 amide bonds. The summed E-state index contributed by atoms with van der Waals surface area (Å²) in [6, 6.07) is 0.636. The number of nitrogens with one attached hydrogen (secondary N) is 2. The largest absolute Gasteiger partial charge is 0.482 e. The predicted molar refractivity (Wildman–Crippen MR) is 167 cm³/mol. The van der Waals surface area contributed by atoms with Crippen molar-refractivity contribution in [2.24, 2.45) is 11.7 Å². The molecule has 250 valence electrons. The quantitative estimate of drug-likeness (QED) is 0.103. The number of benzene rings is 1. The van der Waals surface area contributed by atoms with Crippen LogP contribution in [0.15, 0.2) is 12.1 Å². The summed E-state index contributed by atoms with van der Waals surface area (Å²) in [5, 5.41) is 22.5. The van der Waals surface area contributed by atoms with E-state index in [1.54, 1.807) is 4.90 Å². The molecular formula is C28H38Cl2N4O10S. The van der Waals surface area contributed by atoms with Gasteiger partial charge in [0.2, 0.25) is 11.8 Å². The molecule has 1 aliphatic heterocycles. The summed E-state index contributed by atoms with van der Waals surface area (Å²) in [7, 11) is 0. The van der Waals surface area contributed by atoms with Crippen LogP contribution in [-0.4, -0.2) is 114 Å². The fourth-order valence-corrected chi connectivity index (χ4v) is 5.75. The fraction of sp³-hybridized carbons (Fsp3) is 0.571. The van der Waals surface area contributed by atoms with Crippen molar-refractivity contribution in [1.82, 2.24) is 15.5 Å². The number of hydrogen-bond donors (Lipinski definition) is 5. The second kappa shape index (κ2) is 19.4. The van der Waals surface area contributed by atoms with Crippen LogP contribution in [0.25, 0.3) is 0 Å². The summed E-state index contributed by atoms with van der Waals surface area (Å²) in [5.74, 6) is -4.16. The lowest BCUT2D eigenvalue weighted by atomic mass is 9.93. The van der Waals surface area contributed by atoms with Gasteiger partial charge >= 0.3 is 11.9 Å². The molecule has 14 nitrogen and oxygen atoms in total. The van der Waals surface area contributed by atoms with Crippen molar-refractivity contribution in [1.29, 1.82) is 0 Å². The van der Waals surface area contributed by atoms with Gasteiger partial charge in [0, 0.05) is 36.7 Å². The Kier molecular flexibility index (Phi) is 16.4. The smallest absolute Gasteiger partial charge is 0.322 e. The number of carbonyl (C=O) groups excluding carboxylic acids is 4. The van der Waals surface area contributed by atoms with Gasteiger partial charge in [-0.3, -0.25) is 28.8 Å². The molecule has 1 aliphatic rings. The number of ketones is 1. The number of morpholine rings is 1. The summed E-state index contributed by atoms with van der Waals surface area (Å²) >= 11 is 14.1. The Bertz CT molecular complexity index is 1230. The lowest BCUT2D eigenvalue weighted by Crippen LogP contribution is -2.49. The Morgan fingerprint density at radius 2 is 1.78 bits per heavy atom. The highest BCUT2D eigenvalue weighted by Gasteiger charge is 2.26. The van der Waals surface area contributed by atoms with Gasteiger partial charge in [0.1, 0.15) is 29.4 Å². The van der Waals surface area contributed by atoms with Gasteiger partial charge in [0.05, 0.1) is 18.2 Å². The maximum Gasteiger partial charge on any atom is 0.322 e. The van der Waals surface area contributed by atoms with Crippen LogP contribution in [0, 0.1) is 5.92 Å². The van der Waals surface area contributed by atoms with Crippen LogP contribution in [0.4, 0.5) is 0 Å². The predicted octanol–water partition coefficient (Wildman–Crippen LogP) is 1.44. The van der Waals surface area contributed by atoms with Gasteiger partial charge in [-0.1, -0.05) is 30.1 Å². The number of nitrogens with zero attached hydrogens (tertiary/aromatic N) is 1. The zero-order valence-corrected chi connectivity index (χ0v) is 27.0. The molecule has 0 aliphatic carbocycles. The molecule has 2 rings (SSSR count). The van der Waals surface area contributed by atoms with E-state index in [0.29, 0.717) is 44.9 Å². The number of ether oxygens (including phenoxy) is 2. The summed E-state index contributed by atoms with van der Waals surface area (Å²) in [5.41, 5.74) is 5.62. The first-order valence-electron chi connectivity index (χ1n) is 14.2. The van der Waals surface area contributed by atoms with Crippen molar-refractivity contribution < 1.29 is 48.5 Å². The SMILES string of the molecule is CCC(CCSC[C@H](NC(=O)CC[C@H](N)C(=O)O)C(=O)NCC(=O)O)C(=O)c1ccc(OCC(=O)N2CCOCC2)c(Cl)c1Cl. The number of carboxylic acids is 2. The number of amides is 3. The minimum atomic E-state index is -1.27. The third kappa shape index (κ3) is 12.7.